The molecule has 2 rings (SSSR count). The predicted molar refractivity (Wildman–Crippen MR) is 57.0 cm³/mol. The van der Waals surface area contributed by atoms with Gasteiger partial charge in [-0.1, -0.05) is 19.3 Å². The molecular weight excluding hydrogens is 212 g/mol. The molecule has 0 atom stereocenters. The maximum Gasteiger partial charge on any atom is 0.134 e. The van der Waals surface area contributed by atoms with E-state index in [1.54, 1.807) is 0 Å². The average Bonchev–Trinajstić information content (AvgIpc) is 2.16. The van der Waals surface area contributed by atoms with Gasteiger partial charge in [-0.2, -0.15) is 0 Å². The molecule has 0 saturated heterocycles. The van der Waals surface area contributed by atoms with Crippen LogP contribution in [-0.4, -0.2) is 5.11 Å². The molecule has 1 aromatic carbocycles. The summed E-state index contributed by atoms with van der Waals surface area (Å²) < 4.78 is 26.5. The Bertz CT molecular complexity index is 377. The molecule has 4 heteroatoms. The van der Waals surface area contributed by atoms with Gasteiger partial charge in [-0.15, -0.1) is 0 Å². The molecule has 0 spiro atoms. The minimum atomic E-state index is -0.847. The number of rotatable bonds is 1. The molecule has 0 amide bonds. The van der Waals surface area contributed by atoms with Crippen LogP contribution < -0.4 is 5.73 Å². The largest absolute Gasteiger partial charge is 0.507 e. The third-order valence-electron chi connectivity index (χ3n) is 3.28. The number of hydrogen-bond donors (Lipinski definition) is 2. The Morgan fingerprint density at radius 3 is 2.31 bits per heavy atom. The minimum absolute atomic E-state index is 0.0635. The van der Waals surface area contributed by atoms with Crippen LogP contribution >= 0.6 is 0 Å². The molecule has 88 valence electrons. The zero-order valence-corrected chi connectivity index (χ0v) is 8.97. The Hall–Kier alpha value is -1.16. The second-order valence-electron chi connectivity index (χ2n) is 4.50. The van der Waals surface area contributed by atoms with E-state index in [0.29, 0.717) is 12.8 Å². The van der Waals surface area contributed by atoms with Crippen molar-refractivity contribution in [2.75, 3.05) is 0 Å². The number of phenolic OH excluding ortho intramolecular Hbond substituents is 1. The van der Waals surface area contributed by atoms with Crippen molar-refractivity contribution >= 4 is 0 Å². The summed E-state index contributed by atoms with van der Waals surface area (Å²) in [6.45, 7) is 0. The van der Waals surface area contributed by atoms with Gasteiger partial charge >= 0.3 is 0 Å². The summed E-state index contributed by atoms with van der Waals surface area (Å²) in [4.78, 5) is 0. The molecule has 0 unspecified atom stereocenters. The van der Waals surface area contributed by atoms with Crippen LogP contribution in [0, 0.1) is 11.6 Å². The topological polar surface area (TPSA) is 46.2 Å². The van der Waals surface area contributed by atoms with Crippen molar-refractivity contribution in [1.29, 1.82) is 0 Å². The summed E-state index contributed by atoms with van der Waals surface area (Å²) in [7, 11) is 0. The molecule has 0 aromatic heterocycles. The number of aromatic hydroxyl groups is 1. The second-order valence-corrected chi connectivity index (χ2v) is 4.50. The molecule has 0 aliphatic heterocycles. The number of nitrogens with two attached hydrogens (primary N) is 1. The third-order valence-corrected chi connectivity index (χ3v) is 3.28. The first-order valence-corrected chi connectivity index (χ1v) is 5.50. The molecule has 16 heavy (non-hydrogen) atoms. The van der Waals surface area contributed by atoms with Crippen LogP contribution in [0.1, 0.15) is 37.7 Å². The fourth-order valence-corrected chi connectivity index (χ4v) is 2.49. The Kier molecular flexibility index (Phi) is 2.84. The van der Waals surface area contributed by atoms with Gasteiger partial charge in [0.25, 0.3) is 0 Å². The van der Waals surface area contributed by atoms with Gasteiger partial charge in [-0.3, -0.25) is 0 Å². The molecule has 0 heterocycles. The highest BCUT2D eigenvalue weighted by molar-refractivity contribution is 5.39. The van der Waals surface area contributed by atoms with Crippen molar-refractivity contribution in [3.8, 4) is 5.75 Å². The zero-order chi connectivity index (χ0) is 11.8. The summed E-state index contributed by atoms with van der Waals surface area (Å²) in [6, 6.07) is 1.69. The Morgan fingerprint density at radius 1 is 1.12 bits per heavy atom. The number of phenols is 1. The van der Waals surface area contributed by atoms with Gasteiger partial charge in [0.2, 0.25) is 0 Å². The lowest BCUT2D eigenvalue weighted by molar-refractivity contribution is 0.281. The normalized spacial score (nSPS) is 19.7. The molecule has 1 fully saturated rings. The molecule has 2 nitrogen and oxygen atoms in total. The number of hydrogen-bond acceptors (Lipinski definition) is 2. The number of benzene rings is 1. The van der Waals surface area contributed by atoms with Crippen LogP contribution in [0.5, 0.6) is 5.75 Å². The molecule has 3 N–H and O–H groups in total. The first kappa shape index (κ1) is 11.3. The maximum absolute atomic E-state index is 13.7. The first-order chi connectivity index (χ1) is 7.53. The summed E-state index contributed by atoms with van der Waals surface area (Å²) >= 11 is 0. The Balaban J connectivity index is 2.46. The molecule has 1 saturated carbocycles. The SMILES string of the molecule is NC1(c2c(O)cc(F)cc2F)CCCCC1. The zero-order valence-electron chi connectivity index (χ0n) is 8.97. The van der Waals surface area contributed by atoms with E-state index in [1.807, 2.05) is 0 Å². The lowest BCUT2D eigenvalue weighted by Crippen LogP contribution is -2.39. The molecule has 1 aliphatic rings. The van der Waals surface area contributed by atoms with Gasteiger partial charge in [0, 0.05) is 23.2 Å². The van der Waals surface area contributed by atoms with Crippen LogP contribution in [0.2, 0.25) is 0 Å². The second kappa shape index (κ2) is 4.01. The smallest absolute Gasteiger partial charge is 0.134 e. The van der Waals surface area contributed by atoms with Gasteiger partial charge < -0.3 is 10.8 Å². The van der Waals surface area contributed by atoms with E-state index in [9.17, 15) is 13.9 Å². The van der Waals surface area contributed by atoms with Crippen molar-refractivity contribution in [3.63, 3.8) is 0 Å². The van der Waals surface area contributed by atoms with Crippen molar-refractivity contribution in [2.24, 2.45) is 5.73 Å². The molecule has 1 aromatic rings. The third kappa shape index (κ3) is 1.89. The van der Waals surface area contributed by atoms with E-state index in [4.69, 9.17) is 5.73 Å². The van der Waals surface area contributed by atoms with Gasteiger partial charge in [0.05, 0.1) is 0 Å². The van der Waals surface area contributed by atoms with Crippen LogP contribution in [0.4, 0.5) is 8.78 Å². The standard InChI is InChI=1S/C12H15F2NO/c13-8-6-9(14)11(10(16)7-8)12(15)4-2-1-3-5-12/h6-7,16H,1-5,15H2. The van der Waals surface area contributed by atoms with E-state index < -0.39 is 17.2 Å². The van der Waals surface area contributed by atoms with E-state index in [0.717, 1.165) is 31.4 Å². The fourth-order valence-electron chi connectivity index (χ4n) is 2.49. The number of halogens is 2. The van der Waals surface area contributed by atoms with Crippen molar-refractivity contribution in [2.45, 2.75) is 37.6 Å². The predicted octanol–water partition coefficient (Wildman–Crippen LogP) is 2.79. The van der Waals surface area contributed by atoms with Gasteiger partial charge in [0.1, 0.15) is 17.4 Å². The maximum atomic E-state index is 13.7. The quantitative estimate of drug-likeness (QED) is 0.775. The lowest BCUT2D eigenvalue weighted by Gasteiger charge is -2.34. The van der Waals surface area contributed by atoms with E-state index in [2.05, 4.69) is 0 Å². The van der Waals surface area contributed by atoms with Crippen LogP contribution in [0.3, 0.4) is 0 Å². The molecule has 0 bridgehead atoms. The highest BCUT2D eigenvalue weighted by Crippen LogP contribution is 2.40. The van der Waals surface area contributed by atoms with Crippen molar-refractivity contribution in [3.05, 3.63) is 29.3 Å². The first-order valence-electron chi connectivity index (χ1n) is 5.50. The van der Waals surface area contributed by atoms with E-state index in [-0.39, 0.29) is 11.3 Å². The molecular formula is C12H15F2NO. The summed E-state index contributed by atoms with van der Waals surface area (Å²) in [5.74, 6) is -1.90. The van der Waals surface area contributed by atoms with E-state index >= 15 is 0 Å². The van der Waals surface area contributed by atoms with Crippen molar-refractivity contribution in [1.82, 2.24) is 0 Å². The fraction of sp³-hybridized carbons (Fsp3) is 0.500. The van der Waals surface area contributed by atoms with Crippen LogP contribution in [0.25, 0.3) is 0 Å². The lowest BCUT2D eigenvalue weighted by atomic mass is 9.77. The van der Waals surface area contributed by atoms with Crippen molar-refractivity contribution < 1.29 is 13.9 Å². The van der Waals surface area contributed by atoms with Gasteiger partial charge in [-0.05, 0) is 12.8 Å². The van der Waals surface area contributed by atoms with E-state index in [1.165, 1.54) is 0 Å². The monoisotopic (exact) mass is 227 g/mol. The Morgan fingerprint density at radius 2 is 1.75 bits per heavy atom. The van der Waals surface area contributed by atoms with Crippen LogP contribution in [0.15, 0.2) is 12.1 Å². The van der Waals surface area contributed by atoms with Crippen LogP contribution in [-0.2, 0) is 5.54 Å². The molecule has 0 radical (unpaired) electrons. The summed E-state index contributed by atoms with van der Waals surface area (Å²) in [5.41, 5.74) is 5.33. The molecule has 1 aliphatic carbocycles. The summed E-state index contributed by atoms with van der Waals surface area (Å²) in [5, 5.41) is 9.63. The average molecular weight is 227 g/mol. The minimum Gasteiger partial charge on any atom is -0.507 e. The highest BCUT2D eigenvalue weighted by atomic mass is 19.1. The highest BCUT2D eigenvalue weighted by Gasteiger charge is 2.34. The van der Waals surface area contributed by atoms with Gasteiger partial charge in [0.15, 0.2) is 0 Å². The Labute approximate surface area is 93.1 Å². The van der Waals surface area contributed by atoms with Gasteiger partial charge in [-0.25, -0.2) is 8.78 Å². The summed E-state index contributed by atoms with van der Waals surface area (Å²) in [6.07, 6.45) is 4.15.